The number of halogens is 1. The molecule has 1 heterocycles. The Bertz CT molecular complexity index is 333. The molecule has 0 bridgehead atoms. The third kappa shape index (κ3) is 2.18. The highest BCUT2D eigenvalue weighted by Crippen LogP contribution is 2.35. The lowest BCUT2D eigenvalue weighted by Gasteiger charge is -2.15. The van der Waals surface area contributed by atoms with Gasteiger partial charge in [-0.1, -0.05) is 41.9 Å². The standard InChI is InChI=1S/C12H16BrN/c1-12(2)7-11(14-8-12)9-4-3-5-10(13)6-9/h3-6,11,14H,7-8H2,1-2H3. The van der Waals surface area contributed by atoms with Crippen LogP contribution in [0.1, 0.15) is 31.9 Å². The summed E-state index contributed by atoms with van der Waals surface area (Å²) in [7, 11) is 0. The van der Waals surface area contributed by atoms with Crippen molar-refractivity contribution in [3.8, 4) is 0 Å². The molecule has 1 N–H and O–H groups in total. The van der Waals surface area contributed by atoms with Gasteiger partial charge in [-0.05, 0) is 29.5 Å². The molecule has 14 heavy (non-hydrogen) atoms. The van der Waals surface area contributed by atoms with Crippen molar-refractivity contribution in [1.29, 1.82) is 0 Å². The van der Waals surface area contributed by atoms with Crippen LogP contribution in [-0.4, -0.2) is 6.54 Å². The van der Waals surface area contributed by atoms with E-state index in [-0.39, 0.29) is 0 Å². The van der Waals surface area contributed by atoms with E-state index in [2.05, 4.69) is 59.4 Å². The van der Waals surface area contributed by atoms with Crippen molar-refractivity contribution in [2.24, 2.45) is 5.41 Å². The molecule has 0 saturated carbocycles. The average molecular weight is 254 g/mol. The molecule has 1 aromatic rings. The zero-order valence-electron chi connectivity index (χ0n) is 8.68. The highest BCUT2D eigenvalue weighted by Gasteiger charge is 2.31. The van der Waals surface area contributed by atoms with Crippen molar-refractivity contribution in [1.82, 2.24) is 5.32 Å². The van der Waals surface area contributed by atoms with Crippen LogP contribution in [0.25, 0.3) is 0 Å². The lowest BCUT2D eigenvalue weighted by atomic mass is 9.89. The van der Waals surface area contributed by atoms with Gasteiger partial charge in [-0.15, -0.1) is 0 Å². The third-order valence-electron chi connectivity index (χ3n) is 2.83. The van der Waals surface area contributed by atoms with E-state index < -0.39 is 0 Å². The quantitative estimate of drug-likeness (QED) is 0.808. The zero-order valence-corrected chi connectivity index (χ0v) is 10.3. The first kappa shape index (κ1) is 10.2. The largest absolute Gasteiger partial charge is 0.309 e. The molecule has 1 aliphatic heterocycles. The number of hydrogen-bond donors (Lipinski definition) is 1. The maximum absolute atomic E-state index is 3.57. The summed E-state index contributed by atoms with van der Waals surface area (Å²) in [6, 6.07) is 9.11. The first-order chi connectivity index (χ1) is 6.57. The minimum atomic E-state index is 0.437. The van der Waals surface area contributed by atoms with E-state index in [1.54, 1.807) is 0 Å². The average Bonchev–Trinajstić information content (AvgIpc) is 2.46. The predicted octanol–water partition coefficient (Wildman–Crippen LogP) is 3.51. The van der Waals surface area contributed by atoms with Crippen LogP contribution < -0.4 is 5.32 Å². The fourth-order valence-corrected chi connectivity index (χ4v) is 2.47. The van der Waals surface area contributed by atoms with Crippen molar-refractivity contribution in [3.05, 3.63) is 34.3 Å². The van der Waals surface area contributed by atoms with Crippen molar-refractivity contribution in [2.45, 2.75) is 26.3 Å². The summed E-state index contributed by atoms with van der Waals surface area (Å²) < 4.78 is 1.17. The molecule has 76 valence electrons. The number of benzene rings is 1. The molecular weight excluding hydrogens is 238 g/mol. The molecule has 0 aliphatic carbocycles. The van der Waals surface area contributed by atoms with Crippen LogP contribution in [0.15, 0.2) is 28.7 Å². The van der Waals surface area contributed by atoms with E-state index >= 15 is 0 Å². The molecule has 2 rings (SSSR count). The smallest absolute Gasteiger partial charge is 0.0326 e. The molecule has 1 fully saturated rings. The first-order valence-electron chi connectivity index (χ1n) is 5.06. The minimum Gasteiger partial charge on any atom is -0.309 e. The van der Waals surface area contributed by atoms with Crippen molar-refractivity contribution >= 4 is 15.9 Å². The van der Waals surface area contributed by atoms with Crippen molar-refractivity contribution in [3.63, 3.8) is 0 Å². The fraction of sp³-hybridized carbons (Fsp3) is 0.500. The van der Waals surface area contributed by atoms with Crippen LogP contribution in [0.4, 0.5) is 0 Å². The second-order valence-electron chi connectivity index (χ2n) is 4.86. The van der Waals surface area contributed by atoms with Crippen LogP contribution in [0.2, 0.25) is 0 Å². The maximum Gasteiger partial charge on any atom is 0.0326 e. The Morgan fingerprint density at radius 3 is 2.79 bits per heavy atom. The summed E-state index contributed by atoms with van der Waals surface area (Å²) >= 11 is 3.51. The molecular formula is C12H16BrN. The summed E-state index contributed by atoms with van der Waals surface area (Å²) in [5, 5.41) is 3.57. The highest BCUT2D eigenvalue weighted by molar-refractivity contribution is 9.10. The van der Waals surface area contributed by atoms with Gasteiger partial charge in [-0.2, -0.15) is 0 Å². The van der Waals surface area contributed by atoms with E-state index in [1.165, 1.54) is 16.5 Å². The van der Waals surface area contributed by atoms with Gasteiger partial charge in [-0.3, -0.25) is 0 Å². The second-order valence-corrected chi connectivity index (χ2v) is 5.77. The van der Waals surface area contributed by atoms with E-state index in [0.29, 0.717) is 11.5 Å². The van der Waals surface area contributed by atoms with Gasteiger partial charge in [0.1, 0.15) is 0 Å². The van der Waals surface area contributed by atoms with Crippen LogP contribution in [0, 0.1) is 5.41 Å². The number of nitrogens with one attached hydrogen (secondary N) is 1. The fourth-order valence-electron chi connectivity index (χ4n) is 2.06. The van der Waals surface area contributed by atoms with Gasteiger partial charge in [0.05, 0.1) is 0 Å². The van der Waals surface area contributed by atoms with Gasteiger partial charge in [-0.25, -0.2) is 0 Å². The van der Waals surface area contributed by atoms with E-state index in [0.717, 1.165) is 6.54 Å². The maximum atomic E-state index is 3.57. The molecule has 1 atom stereocenters. The van der Waals surface area contributed by atoms with Crippen LogP contribution in [0.3, 0.4) is 0 Å². The highest BCUT2D eigenvalue weighted by atomic mass is 79.9. The lowest BCUT2D eigenvalue weighted by molar-refractivity contribution is 0.403. The molecule has 1 nitrogen and oxygen atoms in total. The van der Waals surface area contributed by atoms with Crippen LogP contribution in [-0.2, 0) is 0 Å². The lowest BCUT2D eigenvalue weighted by Crippen LogP contribution is -2.16. The Balaban J connectivity index is 2.17. The second kappa shape index (κ2) is 3.67. The molecule has 0 spiro atoms. The van der Waals surface area contributed by atoms with Gasteiger partial charge in [0, 0.05) is 17.1 Å². The zero-order chi connectivity index (χ0) is 10.2. The van der Waals surface area contributed by atoms with Gasteiger partial charge < -0.3 is 5.32 Å². The number of hydrogen-bond acceptors (Lipinski definition) is 1. The Hall–Kier alpha value is -0.340. The van der Waals surface area contributed by atoms with Gasteiger partial charge in [0.25, 0.3) is 0 Å². The Morgan fingerprint density at radius 2 is 2.21 bits per heavy atom. The topological polar surface area (TPSA) is 12.0 Å². The monoisotopic (exact) mass is 253 g/mol. The summed E-state index contributed by atoms with van der Waals surface area (Å²) in [5.74, 6) is 0. The molecule has 1 saturated heterocycles. The minimum absolute atomic E-state index is 0.437. The predicted molar refractivity (Wildman–Crippen MR) is 63.3 cm³/mol. The van der Waals surface area contributed by atoms with Crippen molar-refractivity contribution < 1.29 is 0 Å². The normalized spacial score (nSPS) is 25.2. The molecule has 1 aromatic carbocycles. The van der Waals surface area contributed by atoms with E-state index in [9.17, 15) is 0 Å². The van der Waals surface area contributed by atoms with E-state index in [4.69, 9.17) is 0 Å². The Kier molecular flexibility index (Phi) is 2.67. The summed E-state index contributed by atoms with van der Waals surface area (Å²) in [4.78, 5) is 0. The van der Waals surface area contributed by atoms with Gasteiger partial charge >= 0.3 is 0 Å². The van der Waals surface area contributed by atoms with Crippen LogP contribution >= 0.6 is 15.9 Å². The van der Waals surface area contributed by atoms with Crippen LogP contribution in [0.5, 0.6) is 0 Å². The molecule has 0 radical (unpaired) electrons. The molecule has 1 aliphatic rings. The van der Waals surface area contributed by atoms with Gasteiger partial charge in [0.15, 0.2) is 0 Å². The molecule has 0 amide bonds. The number of rotatable bonds is 1. The third-order valence-corrected chi connectivity index (χ3v) is 3.33. The Morgan fingerprint density at radius 1 is 1.43 bits per heavy atom. The summed E-state index contributed by atoms with van der Waals surface area (Å²) in [5.41, 5.74) is 1.83. The summed E-state index contributed by atoms with van der Waals surface area (Å²) in [6.07, 6.45) is 1.23. The SMILES string of the molecule is CC1(C)CNC(c2cccc(Br)c2)C1. The van der Waals surface area contributed by atoms with Crippen molar-refractivity contribution in [2.75, 3.05) is 6.54 Å². The van der Waals surface area contributed by atoms with Gasteiger partial charge in [0.2, 0.25) is 0 Å². The Labute approximate surface area is 94.0 Å². The summed E-state index contributed by atoms with van der Waals surface area (Å²) in [6.45, 7) is 5.75. The molecule has 2 heteroatoms. The first-order valence-corrected chi connectivity index (χ1v) is 5.85. The molecule has 0 aromatic heterocycles. The van der Waals surface area contributed by atoms with E-state index in [1.807, 2.05) is 0 Å². The molecule has 1 unspecified atom stereocenters.